The van der Waals surface area contributed by atoms with E-state index in [-0.39, 0.29) is 11.5 Å². The molecule has 1 aromatic rings. The third-order valence-corrected chi connectivity index (χ3v) is 2.70. The molecule has 0 spiro atoms. The van der Waals surface area contributed by atoms with Crippen LogP contribution in [0.5, 0.6) is 0 Å². The van der Waals surface area contributed by atoms with Crippen molar-refractivity contribution < 1.29 is 4.74 Å². The molecule has 1 unspecified atom stereocenters. The SMILES string of the molecule is COC(c1nc(C)c(C)c(N)n1)C(C)(C)C. The van der Waals surface area contributed by atoms with Crippen LogP contribution >= 0.6 is 0 Å². The number of hydrogen-bond donors (Lipinski definition) is 1. The van der Waals surface area contributed by atoms with E-state index < -0.39 is 0 Å². The second-order valence-electron chi connectivity index (χ2n) is 5.16. The summed E-state index contributed by atoms with van der Waals surface area (Å²) >= 11 is 0. The molecule has 0 amide bonds. The number of nitrogen functional groups attached to an aromatic ring is 1. The molecule has 1 aromatic heterocycles. The summed E-state index contributed by atoms with van der Waals surface area (Å²) in [7, 11) is 1.67. The summed E-state index contributed by atoms with van der Waals surface area (Å²) in [5.74, 6) is 1.20. The highest BCUT2D eigenvalue weighted by Gasteiger charge is 2.29. The van der Waals surface area contributed by atoms with Crippen LogP contribution in [0.3, 0.4) is 0 Å². The summed E-state index contributed by atoms with van der Waals surface area (Å²) in [6.07, 6.45) is -0.144. The fourth-order valence-corrected chi connectivity index (χ4v) is 1.64. The maximum Gasteiger partial charge on any atom is 0.160 e. The fourth-order valence-electron chi connectivity index (χ4n) is 1.64. The quantitative estimate of drug-likeness (QED) is 0.836. The molecule has 90 valence electrons. The second kappa shape index (κ2) is 4.37. The van der Waals surface area contributed by atoms with Crippen molar-refractivity contribution >= 4 is 5.82 Å². The average Bonchev–Trinajstić information content (AvgIpc) is 2.12. The number of anilines is 1. The van der Waals surface area contributed by atoms with Gasteiger partial charge in [-0.15, -0.1) is 0 Å². The van der Waals surface area contributed by atoms with E-state index in [9.17, 15) is 0 Å². The number of aromatic nitrogens is 2. The Morgan fingerprint density at radius 3 is 2.12 bits per heavy atom. The average molecular weight is 223 g/mol. The topological polar surface area (TPSA) is 61.0 Å². The lowest BCUT2D eigenvalue weighted by atomic mass is 9.88. The van der Waals surface area contributed by atoms with Crippen molar-refractivity contribution in [1.29, 1.82) is 0 Å². The van der Waals surface area contributed by atoms with Gasteiger partial charge in [0.05, 0.1) is 0 Å². The molecule has 16 heavy (non-hydrogen) atoms. The second-order valence-corrected chi connectivity index (χ2v) is 5.16. The van der Waals surface area contributed by atoms with Crippen molar-refractivity contribution in [2.45, 2.75) is 40.7 Å². The normalized spacial score (nSPS) is 13.9. The summed E-state index contributed by atoms with van der Waals surface area (Å²) in [5.41, 5.74) is 7.65. The smallest absolute Gasteiger partial charge is 0.160 e. The predicted octanol–water partition coefficient (Wildman–Crippen LogP) is 2.41. The summed E-state index contributed by atoms with van der Waals surface area (Å²) < 4.78 is 5.47. The van der Waals surface area contributed by atoms with Crippen LogP contribution < -0.4 is 5.73 Å². The van der Waals surface area contributed by atoms with Crippen molar-refractivity contribution in [3.05, 3.63) is 17.1 Å². The van der Waals surface area contributed by atoms with E-state index in [1.54, 1.807) is 7.11 Å². The Labute approximate surface area is 97.2 Å². The van der Waals surface area contributed by atoms with Gasteiger partial charge in [0.25, 0.3) is 0 Å². The molecule has 2 N–H and O–H groups in total. The van der Waals surface area contributed by atoms with Gasteiger partial charge in [-0.2, -0.15) is 0 Å². The Morgan fingerprint density at radius 2 is 1.75 bits per heavy atom. The molecule has 0 bridgehead atoms. The highest BCUT2D eigenvalue weighted by molar-refractivity contribution is 5.40. The molecule has 0 aliphatic heterocycles. The molecule has 0 radical (unpaired) electrons. The van der Waals surface area contributed by atoms with E-state index >= 15 is 0 Å². The number of methoxy groups -OCH3 is 1. The van der Waals surface area contributed by atoms with Crippen LogP contribution in [0.2, 0.25) is 0 Å². The van der Waals surface area contributed by atoms with Crippen LogP contribution in [-0.4, -0.2) is 17.1 Å². The van der Waals surface area contributed by atoms with Gasteiger partial charge in [0.15, 0.2) is 5.82 Å². The fraction of sp³-hybridized carbons (Fsp3) is 0.667. The molecular weight excluding hydrogens is 202 g/mol. The zero-order chi connectivity index (χ0) is 12.5. The minimum atomic E-state index is -0.144. The first-order valence-corrected chi connectivity index (χ1v) is 5.40. The van der Waals surface area contributed by atoms with Gasteiger partial charge in [0, 0.05) is 18.4 Å². The summed E-state index contributed by atoms with van der Waals surface area (Å²) in [4.78, 5) is 8.77. The Morgan fingerprint density at radius 1 is 1.19 bits per heavy atom. The molecule has 4 heteroatoms. The zero-order valence-corrected chi connectivity index (χ0v) is 11.0. The van der Waals surface area contributed by atoms with Crippen molar-refractivity contribution in [2.75, 3.05) is 12.8 Å². The van der Waals surface area contributed by atoms with Gasteiger partial charge in [-0.1, -0.05) is 20.8 Å². The minimum absolute atomic E-state index is 0.0527. The Kier molecular flexibility index (Phi) is 3.53. The van der Waals surface area contributed by atoms with Crippen LogP contribution in [0, 0.1) is 19.3 Å². The molecule has 4 nitrogen and oxygen atoms in total. The standard InChI is InChI=1S/C12H21N3O/c1-7-8(2)14-11(15-10(7)13)9(16-6)12(3,4)5/h9H,1-6H3,(H2,13,14,15). The molecule has 0 saturated carbocycles. The van der Waals surface area contributed by atoms with Crippen LogP contribution in [0.15, 0.2) is 0 Å². The van der Waals surface area contributed by atoms with Crippen LogP contribution in [0.4, 0.5) is 5.82 Å². The number of nitrogens with two attached hydrogens (primary N) is 1. The Balaban J connectivity index is 3.22. The van der Waals surface area contributed by atoms with Crippen LogP contribution in [0.1, 0.15) is 44.0 Å². The highest BCUT2D eigenvalue weighted by atomic mass is 16.5. The minimum Gasteiger partial charge on any atom is -0.383 e. The first-order chi connectivity index (χ1) is 7.27. The van der Waals surface area contributed by atoms with Gasteiger partial charge in [-0.25, -0.2) is 9.97 Å². The van der Waals surface area contributed by atoms with Gasteiger partial charge >= 0.3 is 0 Å². The van der Waals surface area contributed by atoms with Gasteiger partial charge in [-0.05, 0) is 19.3 Å². The molecule has 1 rings (SSSR count). The molecule has 1 heterocycles. The maximum atomic E-state index is 5.85. The van der Waals surface area contributed by atoms with Crippen molar-refractivity contribution in [1.82, 2.24) is 9.97 Å². The number of nitrogens with zero attached hydrogens (tertiary/aromatic N) is 2. The van der Waals surface area contributed by atoms with Gasteiger partial charge < -0.3 is 10.5 Å². The van der Waals surface area contributed by atoms with Gasteiger partial charge in [0.1, 0.15) is 11.9 Å². The molecule has 0 fully saturated rings. The number of hydrogen-bond acceptors (Lipinski definition) is 4. The number of rotatable bonds is 2. The van der Waals surface area contributed by atoms with Gasteiger partial charge in [-0.3, -0.25) is 0 Å². The third kappa shape index (κ3) is 2.50. The van der Waals surface area contributed by atoms with Crippen LogP contribution in [-0.2, 0) is 4.74 Å². The van der Waals surface area contributed by atoms with Crippen LogP contribution in [0.25, 0.3) is 0 Å². The lowest BCUT2D eigenvalue weighted by Crippen LogP contribution is -2.23. The lowest BCUT2D eigenvalue weighted by molar-refractivity contribution is 0.00864. The highest BCUT2D eigenvalue weighted by Crippen LogP contribution is 2.34. The van der Waals surface area contributed by atoms with Crippen molar-refractivity contribution in [2.24, 2.45) is 5.41 Å². The number of aryl methyl sites for hydroxylation is 1. The summed E-state index contributed by atoms with van der Waals surface area (Å²) in [6, 6.07) is 0. The Bertz CT molecular complexity index is 359. The van der Waals surface area contributed by atoms with E-state index in [2.05, 4.69) is 30.7 Å². The monoisotopic (exact) mass is 223 g/mol. The lowest BCUT2D eigenvalue weighted by Gasteiger charge is -2.28. The largest absolute Gasteiger partial charge is 0.383 e. The summed E-state index contributed by atoms with van der Waals surface area (Å²) in [6.45, 7) is 10.1. The Hall–Kier alpha value is -1.16. The van der Waals surface area contributed by atoms with Crippen molar-refractivity contribution in [3.63, 3.8) is 0 Å². The number of ether oxygens (including phenoxy) is 1. The van der Waals surface area contributed by atoms with E-state index in [4.69, 9.17) is 10.5 Å². The molecule has 0 aromatic carbocycles. The molecule has 0 saturated heterocycles. The van der Waals surface area contributed by atoms with E-state index in [1.807, 2.05) is 13.8 Å². The zero-order valence-electron chi connectivity index (χ0n) is 11.0. The van der Waals surface area contributed by atoms with E-state index in [0.29, 0.717) is 11.6 Å². The molecular formula is C12H21N3O. The maximum absolute atomic E-state index is 5.85. The summed E-state index contributed by atoms with van der Waals surface area (Å²) in [5, 5.41) is 0. The van der Waals surface area contributed by atoms with E-state index in [1.165, 1.54) is 0 Å². The molecule has 0 aliphatic carbocycles. The predicted molar refractivity (Wildman–Crippen MR) is 65.1 cm³/mol. The first kappa shape index (κ1) is 12.9. The molecule has 0 aliphatic rings. The van der Waals surface area contributed by atoms with Crippen molar-refractivity contribution in [3.8, 4) is 0 Å². The van der Waals surface area contributed by atoms with Gasteiger partial charge in [0.2, 0.25) is 0 Å². The van der Waals surface area contributed by atoms with E-state index in [0.717, 1.165) is 11.3 Å². The first-order valence-electron chi connectivity index (χ1n) is 5.40. The molecule has 1 atom stereocenters. The third-order valence-electron chi connectivity index (χ3n) is 2.70.